The third-order valence-corrected chi connectivity index (χ3v) is 3.47. The fraction of sp³-hybridized carbons (Fsp3) is 0.154. The Balaban J connectivity index is 2.20. The lowest BCUT2D eigenvalue weighted by atomic mass is 10.2. The van der Waals surface area contributed by atoms with E-state index in [2.05, 4.69) is 15.5 Å². The monoisotopic (exact) mass is 307 g/mol. The van der Waals surface area contributed by atoms with E-state index >= 15 is 0 Å². The predicted molar refractivity (Wildman–Crippen MR) is 78.7 cm³/mol. The van der Waals surface area contributed by atoms with Gasteiger partial charge in [0.25, 0.3) is 5.91 Å². The second-order valence-electron chi connectivity index (χ2n) is 4.03. The van der Waals surface area contributed by atoms with E-state index in [-0.39, 0.29) is 17.1 Å². The van der Waals surface area contributed by atoms with Crippen molar-refractivity contribution < 1.29 is 19.8 Å². The average Bonchev–Trinajstić information content (AvgIpc) is 2.95. The number of amides is 1. The number of rotatable bonds is 4. The largest absolute Gasteiger partial charge is 0.504 e. The topological polar surface area (TPSA) is 104 Å². The van der Waals surface area contributed by atoms with Crippen LogP contribution in [0, 0.1) is 0 Å². The van der Waals surface area contributed by atoms with Crippen LogP contribution in [0.15, 0.2) is 28.7 Å². The number of carbonyl (C=O) groups excluding carboxylic acids is 1. The highest BCUT2D eigenvalue weighted by Gasteiger charge is 2.16. The van der Waals surface area contributed by atoms with E-state index in [0.29, 0.717) is 16.5 Å². The Hall–Kier alpha value is -2.61. The third-order valence-electron chi connectivity index (χ3n) is 2.71. The van der Waals surface area contributed by atoms with E-state index in [1.54, 1.807) is 24.4 Å². The first-order valence-corrected chi connectivity index (χ1v) is 6.76. The van der Waals surface area contributed by atoms with Crippen molar-refractivity contribution in [2.75, 3.05) is 12.4 Å². The number of aromatic nitrogens is 1. The number of ether oxygens (including phenoxy) is 1. The zero-order valence-electron chi connectivity index (χ0n) is 11.3. The van der Waals surface area contributed by atoms with Crippen molar-refractivity contribution in [2.24, 2.45) is 5.16 Å². The summed E-state index contributed by atoms with van der Waals surface area (Å²) in [5, 5.41) is 26.2. The van der Waals surface area contributed by atoms with Crippen LogP contribution in [-0.2, 0) is 0 Å². The Morgan fingerprint density at radius 3 is 2.90 bits per heavy atom. The SMILES string of the molecule is COc1cccc(C(=O)Nc2nc(C(C)=NO)cs2)c1O. The molecule has 0 unspecified atom stereocenters. The van der Waals surface area contributed by atoms with E-state index in [1.807, 2.05) is 0 Å². The van der Waals surface area contributed by atoms with Gasteiger partial charge in [0, 0.05) is 5.38 Å². The highest BCUT2D eigenvalue weighted by atomic mass is 32.1. The van der Waals surface area contributed by atoms with E-state index in [9.17, 15) is 9.90 Å². The van der Waals surface area contributed by atoms with Crippen molar-refractivity contribution >= 4 is 28.1 Å². The number of thiazole rings is 1. The standard InChI is InChI=1S/C13H13N3O4S/c1-7(16-19)9-6-21-13(14-9)15-12(18)8-4-3-5-10(20-2)11(8)17/h3-6,17,19H,1-2H3,(H,14,15,18). The van der Waals surface area contributed by atoms with Crippen molar-refractivity contribution in [1.29, 1.82) is 0 Å². The van der Waals surface area contributed by atoms with Crippen molar-refractivity contribution in [1.82, 2.24) is 4.98 Å². The van der Waals surface area contributed by atoms with E-state index in [0.717, 1.165) is 0 Å². The number of nitrogens with zero attached hydrogens (tertiary/aromatic N) is 2. The van der Waals surface area contributed by atoms with Crippen LogP contribution >= 0.6 is 11.3 Å². The Morgan fingerprint density at radius 2 is 2.24 bits per heavy atom. The Morgan fingerprint density at radius 1 is 1.48 bits per heavy atom. The van der Waals surface area contributed by atoms with Crippen molar-refractivity contribution in [3.8, 4) is 11.5 Å². The summed E-state index contributed by atoms with van der Waals surface area (Å²) in [6.07, 6.45) is 0. The van der Waals surface area contributed by atoms with Gasteiger partial charge in [-0.3, -0.25) is 10.1 Å². The first kappa shape index (κ1) is 14.8. The molecule has 110 valence electrons. The predicted octanol–water partition coefficient (Wildman–Crippen LogP) is 2.31. The number of methoxy groups -OCH3 is 1. The molecule has 2 rings (SSSR count). The zero-order valence-corrected chi connectivity index (χ0v) is 12.1. The Bertz CT molecular complexity index is 696. The summed E-state index contributed by atoms with van der Waals surface area (Å²) in [5.41, 5.74) is 0.891. The lowest BCUT2D eigenvalue weighted by Crippen LogP contribution is -2.12. The van der Waals surface area contributed by atoms with Gasteiger partial charge < -0.3 is 15.1 Å². The second-order valence-corrected chi connectivity index (χ2v) is 4.89. The van der Waals surface area contributed by atoms with Gasteiger partial charge in [-0.1, -0.05) is 11.2 Å². The first-order chi connectivity index (χ1) is 10.1. The number of anilines is 1. The van der Waals surface area contributed by atoms with Crippen LogP contribution in [0.2, 0.25) is 0 Å². The quantitative estimate of drug-likeness (QED) is 0.457. The van der Waals surface area contributed by atoms with Crippen LogP contribution in [0.4, 0.5) is 5.13 Å². The van der Waals surface area contributed by atoms with Crippen LogP contribution in [0.5, 0.6) is 11.5 Å². The number of hydrogen-bond acceptors (Lipinski definition) is 7. The molecule has 0 saturated carbocycles. The number of hydrogen-bond donors (Lipinski definition) is 3. The second kappa shape index (κ2) is 6.23. The maximum absolute atomic E-state index is 12.1. The molecule has 1 heterocycles. The molecule has 0 bridgehead atoms. The van der Waals surface area contributed by atoms with Gasteiger partial charge in [0.1, 0.15) is 11.4 Å². The molecule has 1 amide bonds. The number of aromatic hydroxyl groups is 1. The molecule has 0 radical (unpaired) electrons. The zero-order chi connectivity index (χ0) is 15.4. The number of nitrogens with one attached hydrogen (secondary N) is 1. The van der Waals surface area contributed by atoms with Gasteiger partial charge in [0.15, 0.2) is 16.6 Å². The molecule has 2 aromatic rings. The Labute approximate surface area is 124 Å². The molecule has 0 aliphatic carbocycles. The van der Waals surface area contributed by atoms with Crippen LogP contribution in [0.25, 0.3) is 0 Å². The molecular weight excluding hydrogens is 294 g/mol. The van der Waals surface area contributed by atoms with Gasteiger partial charge in [-0.2, -0.15) is 0 Å². The van der Waals surface area contributed by atoms with Gasteiger partial charge in [0.05, 0.1) is 12.7 Å². The van der Waals surface area contributed by atoms with Crippen molar-refractivity contribution in [3.63, 3.8) is 0 Å². The molecule has 0 aliphatic heterocycles. The lowest BCUT2D eigenvalue weighted by molar-refractivity contribution is 0.102. The van der Waals surface area contributed by atoms with E-state index < -0.39 is 5.91 Å². The molecule has 3 N–H and O–H groups in total. The smallest absolute Gasteiger partial charge is 0.261 e. The molecule has 21 heavy (non-hydrogen) atoms. The maximum Gasteiger partial charge on any atom is 0.261 e. The summed E-state index contributed by atoms with van der Waals surface area (Å²) < 4.78 is 4.95. The number of phenolic OH excluding ortho intramolecular Hbond substituents is 1. The van der Waals surface area contributed by atoms with Crippen LogP contribution < -0.4 is 10.1 Å². The minimum absolute atomic E-state index is 0.0821. The number of benzene rings is 1. The van der Waals surface area contributed by atoms with Gasteiger partial charge in [0.2, 0.25) is 0 Å². The molecule has 0 saturated heterocycles. The van der Waals surface area contributed by atoms with E-state index in [4.69, 9.17) is 9.94 Å². The molecular formula is C13H13N3O4S. The van der Waals surface area contributed by atoms with Gasteiger partial charge in [-0.25, -0.2) is 4.98 Å². The van der Waals surface area contributed by atoms with Crippen molar-refractivity contribution in [3.05, 3.63) is 34.8 Å². The highest BCUT2D eigenvalue weighted by molar-refractivity contribution is 7.14. The average molecular weight is 307 g/mol. The molecule has 1 aromatic carbocycles. The molecule has 8 heteroatoms. The van der Waals surface area contributed by atoms with E-state index in [1.165, 1.54) is 24.5 Å². The van der Waals surface area contributed by atoms with Gasteiger partial charge in [-0.15, -0.1) is 11.3 Å². The maximum atomic E-state index is 12.1. The van der Waals surface area contributed by atoms with Gasteiger partial charge in [-0.05, 0) is 19.1 Å². The van der Waals surface area contributed by atoms with Crippen LogP contribution in [0.1, 0.15) is 23.0 Å². The molecule has 0 aliphatic rings. The summed E-state index contributed by atoms with van der Waals surface area (Å²) in [4.78, 5) is 16.2. The Kier molecular flexibility index (Phi) is 4.39. The number of oxime groups is 1. The number of carbonyl (C=O) groups is 1. The fourth-order valence-electron chi connectivity index (χ4n) is 1.58. The third kappa shape index (κ3) is 3.11. The minimum atomic E-state index is -0.508. The van der Waals surface area contributed by atoms with Crippen molar-refractivity contribution in [2.45, 2.75) is 6.92 Å². The summed E-state index contributed by atoms with van der Waals surface area (Å²) in [6, 6.07) is 4.63. The normalized spacial score (nSPS) is 11.2. The lowest BCUT2D eigenvalue weighted by Gasteiger charge is -2.07. The molecule has 0 fully saturated rings. The summed E-state index contributed by atoms with van der Waals surface area (Å²) in [7, 11) is 1.40. The van der Waals surface area contributed by atoms with Crippen LogP contribution in [-0.4, -0.2) is 34.0 Å². The fourth-order valence-corrected chi connectivity index (χ4v) is 2.33. The highest BCUT2D eigenvalue weighted by Crippen LogP contribution is 2.30. The molecule has 0 atom stereocenters. The molecule has 1 aromatic heterocycles. The minimum Gasteiger partial charge on any atom is -0.504 e. The summed E-state index contributed by atoms with van der Waals surface area (Å²) in [6.45, 7) is 1.59. The first-order valence-electron chi connectivity index (χ1n) is 5.88. The van der Waals surface area contributed by atoms with Crippen LogP contribution in [0.3, 0.4) is 0 Å². The molecule has 0 spiro atoms. The number of para-hydroxylation sites is 1. The molecule has 7 nitrogen and oxygen atoms in total. The van der Waals surface area contributed by atoms with Gasteiger partial charge >= 0.3 is 0 Å². The summed E-state index contributed by atoms with van der Waals surface area (Å²) in [5.74, 6) is -0.529. The number of phenols is 1. The summed E-state index contributed by atoms with van der Waals surface area (Å²) >= 11 is 1.18.